The zero-order chi connectivity index (χ0) is 14.4. The van der Waals surface area contributed by atoms with Crippen LogP contribution < -0.4 is 10.3 Å². The van der Waals surface area contributed by atoms with Crippen molar-refractivity contribution in [3.8, 4) is 5.75 Å². The molecule has 1 aromatic carbocycles. The summed E-state index contributed by atoms with van der Waals surface area (Å²) in [4.78, 5) is 11.7. The van der Waals surface area contributed by atoms with Crippen molar-refractivity contribution in [3.05, 3.63) is 64.1 Å². The molecule has 2 aromatic rings. The minimum atomic E-state index is 0.0737. The predicted octanol–water partition coefficient (Wildman–Crippen LogP) is 3.32. The van der Waals surface area contributed by atoms with Gasteiger partial charge in [-0.1, -0.05) is 12.1 Å². The largest absolute Gasteiger partial charge is 0.494 e. The molecule has 0 spiro atoms. The van der Waals surface area contributed by atoms with Gasteiger partial charge in [0.1, 0.15) is 5.75 Å². The summed E-state index contributed by atoms with van der Waals surface area (Å²) in [5.41, 5.74) is 2.28. The van der Waals surface area contributed by atoms with Gasteiger partial charge in [-0.3, -0.25) is 4.79 Å². The summed E-state index contributed by atoms with van der Waals surface area (Å²) in [6.45, 7) is 5.42. The fraction of sp³-hybridized carbons (Fsp3) is 0.353. The first-order valence-electron chi connectivity index (χ1n) is 7.02. The van der Waals surface area contributed by atoms with Crippen LogP contribution in [0.25, 0.3) is 0 Å². The minimum absolute atomic E-state index is 0.0737. The van der Waals surface area contributed by atoms with Crippen molar-refractivity contribution in [2.75, 3.05) is 6.61 Å². The standard InChI is InChI=1S/C17H21NO2/c1-14-6-5-7-16(12-14)20-11-4-3-9-18-10-8-15(2)13-17(18)19/h5-8,10,12-13H,3-4,9,11H2,1-2H3. The van der Waals surface area contributed by atoms with E-state index in [2.05, 4.69) is 13.0 Å². The zero-order valence-electron chi connectivity index (χ0n) is 12.1. The van der Waals surface area contributed by atoms with Crippen LogP contribution in [0.2, 0.25) is 0 Å². The molecule has 0 unspecified atom stereocenters. The van der Waals surface area contributed by atoms with Crippen LogP contribution in [0.4, 0.5) is 0 Å². The number of unbranched alkanes of at least 4 members (excludes halogenated alkanes) is 1. The molecule has 0 atom stereocenters. The Morgan fingerprint density at radius 2 is 1.85 bits per heavy atom. The molecule has 0 amide bonds. The third kappa shape index (κ3) is 4.26. The van der Waals surface area contributed by atoms with Gasteiger partial charge in [0, 0.05) is 18.8 Å². The molecule has 0 aliphatic carbocycles. The highest BCUT2D eigenvalue weighted by molar-refractivity contribution is 5.27. The molecule has 0 saturated heterocycles. The van der Waals surface area contributed by atoms with Crippen molar-refractivity contribution in [1.82, 2.24) is 4.57 Å². The van der Waals surface area contributed by atoms with Crippen LogP contribution in [0.5, 0.6) is 5.75 Å². The van der Waals surface area contributed by atoms with E-state index in [4.69, 9.17) is 4.74 Å². The molecule has 0 aliphatic heterocycles. The van der Waals surface area contributed by atoms with Gasteiger partial charge in [0.25, 0.3) is 5.56 Å². The molecular weight excluding hydrogens is 250 g/mol. The lowest BCUT2D eigenvalue weighted by molar-refractivity contribution is 0.302. The highest BCUT2D eigenvalue weighted by Gasteiger charge is 1.97. The number of nitrogens with zero attached hydrogens (tertiary/aromatic N) is 1. The number of benzene rings is 1. The van der Waals surface area contributed by atoms with Gasteiger partial charge in [-0.15, -0.1) is 0 Å². The Balaban J connectivity index is 1.73. The van der Waals surface area contributed by atoms with Crippen molar-refractivity contribution in [2.24, 2.45) is 0 Å². The number of aryl methyl sites for hydroxylation is 3. The topological polar surface area (TPSA) is 31.2 Å². The third-order valence-electron chi connectivity index (χ3n) is 3.20. The highest BCUT2D eigenvalue weighted by atomic mass is 16.5. The highest BCUT2D eigenvalue weighted by Crippen LogP contribution is 2.12. The zero-order valence-corrected chi connectivity index (χ0v) is 12.1. The maximum absolute atomic E-state index is 11.7. The maximum Gasteiger partial charge on any atom is 0.250 e. The lowest BCUT2D eigenvalue weighted by Crippen LogP contribution is -2.19. The Labute approximate surface area is 119 Å². The van der Waals surface area contributed by atoms with E-state index in [-0.39, 0.29) is 5.56 Å². The minimum Gasteiger partial charge on any atom is -0.494 e. The average Bonchev–Trinajstić information content (AvgIpc) is 2.41. The van der Waals surface area contributed by atoms with Gasteiger partial charge in [0.15, 0.2) is 0 Å². The van der Waals surface area contributed by atoms with Crippen molar-refractivity contribution < 1.29 is 4.74 Å². The van der Waals surface area contributed by atoms with Crippen LogP contribution in [-0.4, -0.2) is 11.2 Å². The molecule has 0 saturated carbocycles. The summed E-state index contributed by atoms with van der Waals surface area (Å²) in [7, 11) is 0. The van der Waals surface area contributed by atoms with Gasteiger partial charge in [0.2, 0.25) is 0 Å². The second-order valence-corrected chi connectivity index (χ2v) is 5.11. The smallest absolute Gasteiger partial charge is 0.250 e. The van der Waals surface area contributed by atoms with Gasteiger partial charge in [-0.25, -0.2) is 0 Å². The molecule has 3 heteroatoms. The monoisotopic (exact) mass is 271 g/mol. The molecule has 20 heavy (non-hydrogen) atoms. The van der Waals surface area contributed by atoms with E-state index in [1.807, 2.05) is 37.4 Å². The number of aromatic nitrogens is 1. The van der Waals surface area contributed by atoms with Gasteiger partial charge < -0.3 is 9.30 Å². The van der Waals surface area contributed by atoms with Gasteiger partial charge in [-0.2, -0.15) is 0 Å². The molecule has 0 bridgehead atoms. The Morgan fingerprint density at radius 3 is 2.60 bits per heavy atom. The predicted molar refractivity (Wildman–Crippen MR) is 81.3 cm³/mol. The van der Waals surface area contributed by atoms with Crippen LogP contribution in [0.15, 0.2) is 47.4 Å². The number of ether oxygens (including phenoxy) is 1. The normalized spacial score (nSPS) is 10.5. The fourth-order valence-corrected chi connectivity index (χ4v) is 2.07. The van der Waals surface area contributed by atoms with Crippen LogP contribution in [0, 0.1) is 13.8 Å². The molecule has 2 rings (SSSR count). The van der Waals surface area contributed by atoms with Crippen LogP contribution in [0.3, 0.4) is 0 Å². The van der Waals surface area contributed by atoms with E-state index >= 15 is 0 Å². The molecule has 1 heterocycles. The van der Waals surface area contributed by atoms with Gasteiger partial charge in [-0.05, 0) is 56.0 Å². The second kappa shape index (κ2) is 6.94. The van der Waals surface area contributed by atoms with E-state index in [0.29, 0.717) is 6.61 Å². The molecule has 0 radical (unpaired) electrons. The van der Waals surface area contributed by atoms with Gasteiger partial charge >= 0.3 is 0 Å². The maximum atomic E-state index is 11.7. The first-order valence-corrected chi connectivity index (χ1v) is 7.02. The van der Waals surface area contributed by atoms with Crippen LogP contribution in [0.1, 0.15) is 24.0 Å². The summed E-state index contributed by atoms with van der Waals surface area (Å²) in [6, 6.07) is 11.7. The van der Waals surface area contributed by atoms with Crippen molar-refractivity contribution in [2.45, 2.75) is 33.2 Å². The van der Waals surface area contributed by atoms with E-state index in [1.165, 1.54) is 5.56 Å². The van der Waals surface area contributed by atoms with Crippen LogP contribution >= 0.6 is 0 Å². The SMILES string of the molecule is Cc1cccc(OCCCCn2ccc(C)cc2=O)c1. The third-order valence-corrected chi connectivity index (χ3v) is 3.20. The van der Waals surface area contributed by atoms with E-state index < -0.39 is 0 Å². The number of hydrogen-bond acceptors (Lipinski definition) is 2. The first kappa shape index (κ1) is 14.4. The summed E-state index contributed by atoms with van der Waals surface area (Å²) >= 11 is 0. The van der Waals surface area contributed by atoms with Crippen molar-refractivity contribution >= 4 is 0 Å². The van der Waals surface area contributed by atoms with E-state index in [0.717, 1.165) is 30.7 Å². The van der Waals surface area contributed by atoms with E-state index in [9.17, 15) is 4.79 Å². The van der Waals surface area contributed by atoms with Gasteiger partial charge in [0.05, 0.1) is 6.61 Å². The Hall–Kier alpha value is -2.03. The summed E-state index contributed by atoms with van der Waals surface area (Å²) in [6.07, 6.45) is 3.74. The summed E-state index contributed by atoms with van der Waals surface area (Å²) < 4.78 is 7.44. The van der Waals surface area contributed by atoms with Crippen LogP contribution in [-0.2, 0) is 6.54 Å². The molecular formula is C17H21NO2. The Bertz CT molecular complexity index is 616. The average molecular weight is 271 g/mol. The molecule has 3 nitrogen and oxygen atoms in total. The lowest BCUT2D eigenvalue weighted by Gasteiger charge is -2.08. The molecule has 0 fully saturated rings. The van der Waals surface area contributed by atoms with Crippen molar-refractivity contribution in [1.29, 1.82) is 0 Å². The summed E-state index contributed by atoms with van der Waals surface area (Å²) in [5, 5.41) is 0. The fourth-order valence-electron chi connectivity index (χ4n) is 2.07. The van der Waals surface area contributed by atoms with E-state index in [1.54, 1.807) is 10.6 Å². The molecule has 0 N–H and O–H groups in total. The first-order chi connectivity index (χ1) is 9.65. The lowest BCUT2D eigenvalue weighted by atomic mass is 10.2. The number of rotatable bonds is 6. The Kier molecular flexibility index (Phi) is 4.99. The molecule has 1 aromatic heterocycles. The molecule has 0 aliphatic rings. The quantitative estimate of drug-likeness (QED) is 0.755. The van der Waals surface area contributed by atoms with Crippen molar-refractivity contribution in [3.63, 3.8) is 0 Å². The Morgan fingerprint density at radius 1 is 1.05 bits per heavy atom. The molecule has 106 valence electrons. The second-order valence-electron chi connectivity index (χ2n) is 5.11. The number of pyridine rings is 1. The summed E-state index contributed by atoms with van der Waals surface area (Å²) in [5.74, 6) is 0.914. The number of hydrogen-bond donors (Lipinski definition) is 0.